The molecular formula is C32H31N3O2. The van der Waals surface area contributed by atoms with Crippen molar-refractivity contribution in [1.29, 1.82) is 0 Å². The SMILES string of the molecule is C=CC1(CC)CCCn2c(C(=O)OC)cc(-c3ccccc3N=C(c3ccccc3)c3ccccn3)c21. The highest BCUT2D eigenvalue weighted by atomic mass is 16.5. The summed E-state index contributed by atoms with van der Waals surface area (Å²) >= 11 is 0. The van der Waals surface area contributed by atoms with E-state index in [1.807, 2.05) is 72.8 Å². The molecule has 2 aromatic heterocycles. The summed E-state index contributed by atoms with van der Waals surface area (Å²) < 4.78 is 7.31. The number of aromatic nitrogens is 2. The van der Waals surface area contributed by atoms with Gasteiger partial charge in [0, 0.05) is 40.5 Å². The number of hydrogen-bond donors (Lipinski definition) is 0. The van der Waals surface area contributed by atoms with Gasteiger partial charge in [-0.1, -0.05) is 67.6 Å². The molecular weight excluding hydrogens is 458 g/mol. The summed E-state index contributed by atoms with van der Waals surface area (Å²) in [6.45, 7) is 7.17. The molecule has 1 unspecified atom stereocenters. The largest absolute Gasteiger partial charge is 0.464 e. The molecule has 0 saturated carbocycles. The van der Waals surface area contributed by atoms with Crippen molar-refractivity contribution in [1.82, 2.24) is 9.55 Å². The van der Waals surface area contributed by atoms with Crippen LogP contribution in [0.15, 0.2) is 103 Å². The second-order valence-electron chi connectivity index (χ2n) is 9.31. The van der Waals surface area contributed by atoms with Crippen LogP contribution in [-0.2, 0) is 16.7 Å². The maximum absolute atomic E-state index is 12.8. The number of allylic oxidation sites excluding steroid dienone is 1. The zero-order chi connectivity index (χ0) is 25.8. The van der Waals surface area contributed by atoms with Gasteiger partial charge < -0.3 is 9.30 Å². The van der Waals surface area contributed by atoms with Gasteiger partial charge in [-0.05, 0) is 43.5 Å². The van der Waals surface area contributed by atoms with Crippen molar-refractivity contribution in [3.63, 3.8) is 0 Å². The molecule has 0 aliphatic carbocycles. The van der Waals surface area contributed by atoms with Gasteiger partial charge in [-0.15, -0.1) is 6.58 Å². The Labute approximate surface area is 218 Å². The predicted octanol–water partition coefficient (Wildman–Crippen LogP) is 7.13. The Kier molecular flexibility index (Phi) is 6.87. The van der Waals surface area contributed by atoms with Gasteiger partial charge in [-0.2, -0.15) is 0 Å². The van der Waals surface area contributed by atoms with E-state index in [9.17, 15) is 4.79 Å². The summed E-state index contributed by atoms with van der Waals surface area (Å²) in [6.07, 6.45) is 6.69. The number of aliphatic imine (C=N–C) groups is 1. The first-order valence-electron chi connectivity index (χ1n) is 12.7. The number of pyridine rings is 1. The number of methoxy groups -OCH3 is 1. The van der Waals surface area contributed by atoms with Gasteiger partial charge in [-0.3, -0.25) is 4.98 Å². The maximum atomic E-state index is 12.8. The number of nitrogens with zero attached hydrogens (tertiary/aromatic N) is 3. The monoisotopic (exact) mass is 489 g/mol. The minimum absolute atomic E-state index is 0.236. The van der Waals surface area contributed by atoms with Gasteiger partial charge in [0.05, 0.1) is 24.2 Å². The summed E-state index contributed by atoms with van der Waals surface area (Å²) in [5, 5.41) is 0. The maximum Gasteiger partial charge on any atom is 0.354 e. The highest BCUT2D eigenvalue weighted by Gasteiger charge is 2.38. The van der Waals surface area contributed by atoms with Gasteiger partial charge in [0.15, 0.2) is 0 Å². The zero-order valence-electron chi connectivity index (χ0n) is 21.4. The van der Waals surface area contributed by atoms with Crippen LogP contribution >= 0.6 is 0 Å². The minimum atomic E-state index is -0.331. The first-order chi connectivity index (χ1) is 18.1. The first kappa shape index (κ1) is 24.4. The molecule has 0 amide bonds. The number of fused-ring (bicyclic) bond motifs is 1. The number of esters is 1. The average Bonchev–Trinajstić information content (AvgIpc) is 3.37. The summed E-state index contributed by atoms with van der Waals surface area (Å²) in [7, 11) is 1.43. The Hall–Kier alpha value is -4.25. The molecule has 4 aromatic rings. The molecule has 1 aliphatic heterocycles. The van der Waals surface area contributed by atoms with Crippen LogP contribution < -0.4 is 0 Å². The van der Waals surface area contributed by atoms with Crippen molar-refractivity contribution >= 4 is 17.4 Å². The second-order valence-corrected chi connectivity index (χ2v) is 9.31. The molecule has 5 nitrogen and oxygen atoms in total. The smallest absolute Gasteiger partial charge is 0.354 e. The highest BCUT2D eigenvalue weighted by molar-refractivity contribution is 6.13. The second kappa shape index (κ2) is 10.4. The summed E-state index contributed by atoms with van der Waals surface area (Å²) in [6, 6.07) is 26.0. The van der Waals surface area contributed by atoms with Crippen LogP contribution in [0.1, 0.15) is 53.6 Å². The lowest BCUT2D eigenvalue weighted by Crippen LogP contribution is -2.32. The fourth-order valence-electron chi connectivity index (χ4n) is 5.44. The number of ether oxygens (including phenoxy) is 1. The van der Waals surface area contributed by atoms with E-state index in [2.05, 4.69) is 35.2 Å². The molecule has 0 saturated heterocycles. The number of benzene rings is 2. The van der Waals surface area contributed by atoms with E-state index in [0.29, 0.717) is 5.69 Å². The Balaban J connectivity index is 1.77. The minimum Gasteiger partial charge on any atom is -0.464 e. The van der Waals surface area contributed by atoms with E-state index < -0.39 is 0 Å². The number of carbonyl (C=O) groups excluding carboxylic acids is 1. The molecule has 0 spiro atoms. The molecule has 186 valence electrons. The summed E-state index contributed by atoms with van der Waals surface area (Å²) in [5.41, 5.74) is 6.79. The molecule has 2 aromatic carbocycles. The predicted molar refractivity (Wildman–Crippen MR) is 149 cm³/mol. The Morgan fingerprint density at radius 3 is 2.54 bits per heavy atom. The molecule has 5 rings (SSSR count). The third-order valence-corrected chi connectivity index (χ3v) is 7.37. The van der Waals surface area contributed by atoms with Crippen LogP contribution in [0.2, 0.25) is 0 Å². The van der Waals surface area contributed by atoms with Crippen LogP contribution in [0, 0.1) is 0 Å². The van der Waals surface area contributed by atoms with Crippen LogP contribution in [0.25, 0.3) is 11.1 Å². The number of carbonyl (C=O) groups is 1. The molecule has 0 radical (unpaired) electrons. The van der Waals surface area contributed by atoms with Crippen molar-refractivity contribution in [3.8, 4) is 11.1 Å². The number of para-hydroxylation sites is 1. The first-order valence-corrected chi connectivity index (χ1v) is 12.7. The molecule has 0 fully saturated rings. The summed E-state index contributed by atoms with van der Waals surface area (Å²) in [4.78, 5) is 22.6. The van der Waals surface area contributed by atoms with E-state index in [-0.39, 0.29) is 11.4 Å². The van der Waals surface area contributed by atoms with Crippen molar-refractivity contribution in [3.05, 3.63) is 120 Å². The third-order valence-electron chi connectivity index (χ3n) is 7.37. The van der Waals surface area contributed by atoms with Gasteiger partial charge in [-0.25, -0.2) is 9.79 Å². The topological polar surface area (TPSA) is 56.5 Å². The van der Waals surface area contributed by atoms with Gasteiger partial charge in [0.25, 0.3) is 0 Å². The molecule has 5 heteroatoms. The molecule has 0 N–H and O–H groups in total. The van der Waals surface area contributed by atoms with E-state index in [4.69, 9.17) is 9.73 Å². The molecule has 0 bridgehead atoms. The number of rotatable bonds is 7. The van der Waals surface area contributed by atoms with Crippen molar-refractivity contribution in [2.75, 3.05) is 7.11 Å². The lowest BCUT2D eigenvalue weighted by molar-refractivity contribution is 0.0586. The van der Waals surface area contributed by atoms with Crippen LogP contribution in [0.5, 0.6) is 0 Å². The van der Waals surface area contributed by atoms with Gasteiger partial charge in [0.1, 0.15) is 5.69 Å². The van der Waals surface area contributed by atoms with Gasteiger partial charge >= 0.3 is 5.97 Å². The Morgan fingerprint density at radius 1 is 1.08 bits per heavy atom. The fourth-order valence-corrected chi connectivity index (χ4v) is 5.44. The zero-order valence-corrected chi connectivity index (χ0v) is 21.4. The third kappa shape index (κ3) is 4.42. The van der Waals surface area contributed by atoms with Crippen LogP contribution in [-0.4, -0.2) is 28.3 Å². The molecule has 37 heavy (non-hydrogen) atoms. The van der Waals surface area contributed by atoms with E-state index in [0.717, 1.165) is 65.3 Å². The molecule has 1 atom stereocenters. The van der Waals surface area contributed by atoms with Crippen LogP contribution in [0.4, 0.5) is 5.69 Å². The number of hydrogen-bond acceptors (Lipinski definition) is 4. The lowest BCUT2D eigenvalue weighted by Gasteiger charge is -2.37. The van der Waals surface area contributed by atoms with E-state index in [1.165, 1.54) is 7.11 Å². The summed E-state index contributed by atoms with van der Waals surface area (Å²) in [5.74, 6) is -0.331. The van der Waals surface area contributed by atoms with Crippen LogP contribution in [0.3, 0.4) is 0 Å². The lowest BCUT2D eigenvalue weighted by atomic mass is 9.73. The molecule has 3 heterocycles. The van der Waals surface area contributed by atoms with Crippen molar-refractivity contribution in [2.45, 2.75) is 38.1 Å². The quantitative estimate of drug-likeness (QED) is 0.158. The van der Waals surface area contributed by atoms with Crippen molar-refractivity contribution < 1.29 is 9.53 Å². The van der Waals surface area contributed by atoms with E-state index in [1.54, 1.807) is 6.20 Å². The van der Waals surface area contributed by atoms with E-state index >= 15 is 0 Å². The Bertz CT molecular complexity index is 1410. The highest BCUT2D eigenvalue weighted by Crippen LogP contribution is 2.47. The van der Waals surface area contributed by atoms with Crippen molar-refractivity contribution in [2.24, 2.45) is 4.99 Å². The normalized spacial score (nSPS) is 17.2. The molecule has 1 aliphatic rings. The fraction of sp³-hybridized carbons (Fsp3) is 0.219. The average molecular weight is 490 g/mol. The standard InChI is InChI=1S/C32H31N3O2/c1-4-32(5-2)19-13-21-35-28(31(36)37-3)22-25(30(32)35)24-16-9-10-17-26(24)34-29(23-14-7-6-8-15-23)27-18-11-12-20-33-27/h4,6-12,14-18,20,22H,1,5,13,19,21H2,2-3H3. The Morgan fingerprint density at radius 2 is 1.84 bits per heavy atom. The van der Waals surface area contributed by atoms with Gasteiger partial charge in [0.2, 0.25) is 0 Å².